The Kier molecular flexibility index (Phi) is 4.14. The van der Waals surface area contributed by atoms with Crippen molar-refractivity contribution in [2.45, 2.75) is 19.3 Å². The fourth-order valence-corrected chi connectivity index (χ4v) is 2.45. The monoisotopic (exact) mass is 264 g/mol. The average molecular weight is 264 g/mol. The van der Waals surface area contributed by atoms with Gasteiger partial charge in [-0.1, -0.05) is 12.1 Å². The Morgan fingerprint density at radius 2 is 1.79 bits per heavy atom. The van der Waals surface area contributed by atoms with Crippen molar-refractivity contribution < 1.29 is 14.0 Å². The van der Waals surface area contributed by atoms with Crippen LogP contribution in [0.15, 0.2) is 24.3 Å². The molecule has 5 heteroatoms. The predicted octanol–water partition coefficient (Wildman–Crippen LogP) is 1.09. The van der Waals surface area contributed by atoms with Crippen molar-refractivity contribution in [2.75, 3.05) is 13.1 Å². The molecule has 0 radical (unpaired) electrons. The van der Waals surface area contributed by atoms with Crippen LogP contribution in [0.25, 0.3) is 0 Å². The van der Waals surface area contributed by atoms with Crippen molar-refractivity contribution in [3.8, 4) is 0 Å². The van der Waals surface area contributed by atoms with Crippen molar-refractivity contribution in [3.05, 3.63) is 35.6 Å². The molecule has 0 bridgehead atoms. The van der Waals surface area contributed by atoms with Gasteiger partial charge in [-0.2, -0.15) is 0 Å². The lowest BCUT2D eigenvalue weighted by atomic mass is 9.90. The number of halogens is 1. The Balaban J connectivity index is 1.85. The Labute approximate surface area is 111 Å². The van der Waals surface area contributed by atoms with Gasteiger partial charge in [-0.3, -0.25) is 9.59 Å². The number of piperidine rings is 1. The maximum atomic E-state index is 12.8. The molecule has 19 heavy (non-hydrogen) atoms. The second-order valence-electron chi connectivity index (χ2n) is 4.93. The van der Waals surface area contributed by atoms with Crippen LogP contribution in [0.1, 0.15) is 18.4 Å². The zero-order chi connectivity index (χ0) is 13.8. The van der Waals surface area contributed by atoms with Crippen molar-refractivity contribution in [3.63, 3.8) is 0 Å². The molecule has 2 N–H and O–H groups in total. The molecule has 1 aliphatic rings. The fourth-order valence-electron chi connectivity index (χ4n) is 2.45. The minimum Gasteiger partial charge on any atom is -0.361 e. The minimum absolute atomic E-state index is 0.231. The van der Waals surface area contributed by atoms with Crippen LogP contribution in [0.4, 0.5) is 4.39 Å². The molecule has 1 aliphatic heterocycles. The summed E-state index contributed by atoms with van der Waals surface area (Å²) in [5, 5.41) is 0. The number of carbonyl (C=O) groups excluding carboxylic acids is 2. The second-order valence-corrected chi connectivity index (χ2v) is 4.93. The Morgan fingerprint density at radius 1 is 1.21 bits per heavy atom. The summed E-state index contributed by atoms with van der Waals surface area (Å²) in [6.07, 6.45) is 2.56. The minimum atomic E-state index is -0.892. The van der Waals surface area contributed by atoms with Crippen LogP contribution in [0.2, 0.25) is 0 Å². The summed E-state index contributed by atoms with van der Waals surface area (Å²) >= 11 is 0. The Hall–Kier alpha value is -1.91. The van der Waals surface area contributed by atoms with Gasteiger partial charge in [-0.05, 0) is 42.9 Å². The summed E-state index contributed by atoms with van der Waals surface area (Å²) in [6.45, 7) is 1.13. The van der Waals surface area contributed by atoms with Crippen LogP contribution < -0.4 is 5.73 Å². The summed E-state index contributed by atoms with van der Waals surface area (Å²) in [5.41, 5.74) is 6.07. The number of hydrogen-bond acceptors (Lipinski definition) is 2. The maximum Gasteiger partial charge on any atom is 0.311 e. The normalized spacial score (nSPS) is 16.4. The topological polar surface area (TPSA) is 63.4 Å². The van der Waals surface area contributed by atoms with Crippen molar-refractivity contribution in [1.82, 2.24) is 4.90 Å². The van der Waals surface area contributed by atoms with E-state index in [0.29, 0.717) is 19.0 Å². The molecule has 0 unspecified atom stereocenters. The molecule has 0 saturated carbocycles. The molecular weight excluding hydrogens is 247 g/mol. The number of hydrogen-bond donors (Lipinski definition) is 1. The lowest BCUT2D eigenvalue weighted by Crippen LogP contribution is -2.44. The SMILES string of the molecule is NC(=O)C(=O)N1CCC(Cc2ccc(F)cc2)CC1. The van der Waals surface area contributed by atoms with E-state index in [0.717, 1.165) is 24.8 Å². The molecular formula is C14H17FN2O2. The highest BCUT2D eigenvalue weighted by Crippen LogP contribution is 2.21. The van der Waals surface area contributed by atoms with Gasteiger partial charge in [0.25, 0.3) is 0 Å². The number of primary amides is 1. The summed E-state index contributed by atoms with van der Waals surface area (Å²) in [6, 6.07) is 6.49. The van der Waals surface area contributed by atoms with Crippen LogP contribution in [0.5, 0.6) is 0 Å². The third-order valence-corrected chi connectivity index (χ3v) is 3.55. The molecule has 0 aliphatic carbocycles. The lowest BCUT2D eigenvalue weighted by Gasteiger charge is -2.31. The first kappa shape index (κ1) is 13.5. The van der Waals surface area contributed by atoms with E-state index >= 15 is 0 Å². The van der Waals surface area contributed by atoms with Gasteiger partial charge in [0.15, 0.2) is 0 Å². The molecule has 1 aromatic rings. The summed E-state index contributed by atoms with van der Waals surface area (Å²) in [7, 11) is 0. The molecule has 2 amide bonds. The van der Waals surface area contributed by atoms with Crippen LogP contribution in [-0.4, -0.2) is 29.8 Å². The van der Waals surface area contributed by atoms with Gasteiger partial charge in [-0.25, -0.2) is 4.39 Å². The molecule has 0 atom stereocenters. The van der Waals surface area contributed by atoms with Crippen LogP contribution in [-0.2, 0) is 16.0 Å². The van der Waals surface area contributed by atoms with Gasteiger partial charge in [-0.15, -0.1) is 0 Å². The van der Waals surface area contributed by atoms with Gasteiger partial charge < -0.3 is 10.6 Å². The number of amides is 2. The van der Waals surface area contributed by atoms with E-state index in [1.807, 2.05) is 0 Å². The van der Waals surface area contributed by atoms with E-state index in [9.17, 15) is 14.0 Å². The number of nitrogens with zero attached hydrogens (tertiary/aromatic N) is 1. The Morgan fingerprint density at radius 3 is 2.32 bits per heavy atom. The van der Waals surface area contributed by atoms with E-state index < -0.39 is 11.8 Å². The zero-order valence-electron chi connectivity index (χ0n) is 10.6. The van der Waals surface area contributed by atoms with E-state index in [-0.39, 0.29) is 5.82 Å². The smallest absolute Gasteiger partial charge is 0.311 e. The van der Waals surface area contributed by atoms with Gasteiger partial charge in [0.2, 0.25) is 0 Å². The molecule has 0 spiro atoms. The van der Waals surface area contributed by atoms with Crippen LogP contribution in [0, 0.1) is 11.7 Å². The molecule has 1 saturated heterocycles. The van der Waals surface area contributed by atoms with Gasteiger partial charge in [0.1, 0.15) is 5.82 Å². The maximum absolute atomic E-state index is 12.8. The highest BCUT2D eigenvalue weighted by molar-refractivity contribution is 6.34. The Bertz CT molecular complexity index is 465. The zero-order valence-corrected chi connectivity index (χ0v) is 10.6. The van der Waals surface area contributed by atoms with E-state index in [1.54, 1.807) is 12.1 Å². The number of likely N-dealkylation sites (tertiary alicyclic amines) is 1. The molecule has 0 aromatic heterocycles. The number of rotatable bonds is 2. The number of benzene rings is 1. The van der Waals surface area contributed by atoms with Crippen LogP contribution >= 0.6 is 0 Å². The summed E-state index contributed by atoms with van der Waals surface area (Å²) in [4.78, 5) is 23.7. The van der Waals surface area contributed by atoms with Gasteiger partial charge in [0.05, 0.1) is 0 Å². The number of carbonyl (C=O) groups is 2. The standard InChI is InChI=1S/C14H17FN2O2/c15-12-3-1-10(2-4-12)9-11-5-7-17(8-6-11)14(19)13(16)18/h1-4,11H,5-9H2,(H2,16,18). The summed E-state index contributed by atoms with van der Waals surface area (Å²) in [5.74, 6) is -1.26. The van der Waals surface area contributed by atoms with Crippen molar-refractivity contribution in [1.29, 1.82) is 0 Å². The highest BCUT2D eigenvalue weighted by Gasteiger charge is 2.25. The van der Waals surface area contributed by atoms with Crippen molar-refractivity contribution >= 4 is 11.8 Å². The molecule has 2 rings (SSSR count). The largest absolute Gasteiger partial charge is 0.361 e. The predicted molar refractivity (Wildman–Crippen MR) is 68.6 cm³/mol. The third kappa shape index (κ3) is 3.53. The number of nitrogens with two attached hydrogens (primary N) is 1. The summed E-state index contributed by atoms with van der Waals surface area (Å²) < 4.78 is 12.8. The molecule has 4 nitrogen and oxygen atoms in total. The first-order valence-corrected chi connectivity index (χ1v) is 6.39. The lowest BCUT2D eigenvalue weighted by molar-refractivity contribution is -0.145. The molecule has 1 heterocycles. The van der Waals surface area contributed by atoms with Gasteiger partial charge >= 0.3 is 11.8 Å². The van der Waals surface area contributed by atoms with E-state index in [4.69, 9.17) is 5.73 Å². The van der Waals surface area contributed by atoms with E-state index in [2.05, 4.69) is 0 Å². The fraction of sp³-hybridized carbons (Fsp3) is 0.429. The first-order valence-electron chi connectivity index (χ1n) is 6.39. The first-order chi connectivity index (χ1) is 9.06. The van der Waals surface area contributed by atoms with Crippen molar-refractivity contribution in [2.24, 2.45) is 11.7 Å². The molecule has 1 aromatic carbocycles. The second kappa shape index (κ2) is 5.82. The average Bonchev–Trinajstić information content (AvgIpc) is 2.41. The third-order valence-electron chi connectivity index (χ3n) is 3.55. The highest BCUT2D eigenvalue weighted by atomic mass is 19.1. The molecule has 1 fully saturated rings. The van der Waals surface area contributed by atoms with Crippen LogP contribution in [0.3, 0.4) is 0 Å². The molecule has 102 valence electrons. The quantitative estimate of drug-likeness (QED) is 0.813. The van der Waals surface area contributed by atoms with E-state index in [1.165, 1.54) is 17.0 Å². The van der Waals surface area contributed by atoms with Gasteiger partial charge in [0, 0.05) is 13.1 Å².